The van der Waals surface area contributed by atoms with E-state index in [1.54, 1.807) is 7.11 Å². The van der Waals surface area contributed by atoms with Gasteiger partial charge in [-0.05, 0) is 38.6 Å². The first-order valence-corrected chi connectivity index (χ1v) is 7.62. The van der Waals surface area contributed by atoms with Crippen LogP contribution in [-0.2, 0) is 9.53 Å². The summed E-state index contributed by atoms with van der Waals surface area (Å²) in [6, 6.07) is 0.571. The molecule has 4 heteroatoms. The number of carbonyl (C=O) groups excluding carboxylic acids is 1. The molecule has 1 aliphatic rings. The Labute approximate surface area is 117 Å². The first-order valence-electron chi connectivity index (χ1n) is 7.62. The van der Waals surface area contributed by atoms with Crippen LogP contribution < -0.4 is 5.32 Å². The average Bonchev–Trinajstić information content (AvgIpc) is 2.42. The Hall–Kier alpha value is -0.610. The lowest BCUT2D eigenvalue weighted by Crippen LogP contribution is -2.50. The predicted octanol–water partition coefficient (Wildman–Crippen LogP) is 2.04. The zero-order valence-electron chi connectivity index (χ0n) is 12.9. The highest BCUT2D eigenvalue weighted by molar-refractivity contribution is 5.76. The summed E-state index contributed by atoms with van der Waals surface area (Å²) in [5.41, 5.74) is 0. The lowest BCUT2D eigenvalue weighted by Gasteiger charge is -2.37. The van der Waals surface area contributed by atoms with E-state index in [2.05, 4.69) is 19.2 Å². The van der Waals surface area contributed by atoms with Gasteiger partial charge in [-0.3, -0.25) is 4.79 Å². The van der Waals surface area contributed by atoms with Gasteiger partial charge in [-0.1, -0.05) is 13.8 Å². The molecule has 0 aromatic rings. The number of carbonyl (C=O) groups is 1. The second-order valence-electron chi connectivity index (χ2n) is 5.75. The van der Waals surface area contributed by atoms with Crippen molar-refractivity contribution in [2.24, 2.45) is 5.92 Å². The minimum absolute atomic E-state index is 0.171. The Kier molecular flexibility index (Phi) is 7.39. The van der Waals surface area contributed by atoms with E-state index in [-0.39, 0.29) is 12.0 Å². The van der Waals surface area contributed by atoms with Gasteiger partial charge in [-0.15, -0.1) is 0 Å². The van der Waals surface area contributed by atoms with Gasteiger partial charge >= 0.3 is 0 Å². The fraction of sp³-hybridized carbons (Fsp3) is 0.933. The first kappa shape index (κ1) is 16.4. The fourth-order valence-electron chi connectivity index (χ4n) is 2.61. The van der Waals surface area contributed by atoms with Gasteiger partial charge in [-0.25, -0.2) is 0 Å². The van der Waals surface area contributed by atoms with Crippen LogP contribution >= 0.6 is 0 Å². The van der Waals surface area contributed by atoms with Gasteiger partial charge in [0.1, 0.15) is 0 Å². The normalized spacial score (nSPS) is 25.4. The molecule has 1 heterocycles. The van der Waals surface area contributed by atoms with Crippen LogP contribution in [0.25, 0.3) is 0 Å². The number of methoxy groups -OCH3 is 1. The second-order valence-corrected chi connectivity index (χ2v) is 5.75. The van der Waals surface area contributed by atoms with E-state index in [0.29, 0.717) is 18.4 Å². The maximum Gasteiger partial charge on any atom is 0.222 e. The number of piperidine rings is 1. The van der Waals surface area contributed by atoms with Crippen molar-refractivity contribution in [3.05, 3.63) is 0 Å². The average molecular weight is 270 g/mol. The number of hydrogen-bond donors (Lipinski definition) is 1. The molecule has 1 rings (SSSR count). The summed E-state index contributed by atoms with van der Waals surface area (Å²) >= 11 is 0. The van der Waals surface area contributed by atoms with Crippen LogP contribution in [-0.4, -0.2) is 49.7 Å². The zero-order chi connectivity index (χ0) is 14.3. The molecule has 3 unspecified atom stereocenters. The van der Waals surface area contributed by atoms with Crippen LogP contribution in [0.4, 0.5) is 0 Å². The maximum absolute atomic E-state index is 12.1. The van der Waals surface area contributed by atoms with E-state index >= 15 is 0 Å². The second kappa shape index (κ2) is 8.54. The van der Waals surface area contributed by atoms with Crippen molar-refractivity contribution >= 4 is 5.91 Å². The van der Waals surface area contributed by atoms with Crippen molar-refractivity contribution in [1.82, 2.24) is 10.2 Å². The van der Waals surface area contributed by atoms with E-state index in [1.807, 2.05) is 11.8 Å². The van der Waals surface area contributed by atoms with Crippen molar-refractivity contribution in [3.63, 3.8) is 0 Å². The number of rotatable bonds is 7. The van der Waals surface area contributed by atoms with Gasteiger partial charge in [0.15, 0.2) is 0 Å². The number of amides is 1. The first-order chi connectivity index (χ1) is 9.08. The summed E-state index contributed by atoms with van der Waals surface area (Å²) in [6.45, 7) is 9.30. The van der Waals surface area contributed by atoms with Crippen LogP contribution in [0.1, 0.15) is 46.5 Å². The quantitative estimate of drug-likeness (QED) is 0.770. The predicted molar refractivity (Wildman–Crippen MR) is 78.1 cm³/mol. The number of ether oxygens (including phenoxy) is 1. The van der Waals surface area contributed by atoms with Crippen molar-refractivity contribution < 1.29 is 9.53 Å². The fourth-order valence-corrected chi connectivity index (χ4v) is 2.61. The molecule has 0 bridgehead atoms. The molecule has 1 amide bonds. The standard InChI is InChI=1S/C15H30N2O2/c1-5-9-16-14-8-10-17(11-12(14)2)15(18)7-6-13(3)19-4/h12-14,16H,5-11H2,1-4H3. The molecule has 0 spiro atoms. The summed E-state index contributed by atoms with van der Waals surface area (Å²) in [4.78, 5) is 14.2. The summed E-state index contributed by atoms with van der Waals surface area (Å²) in [5.74, 6) is 0.828. The Morgan fingerprint density at radius 1 is 1.53 bits per heavy atom. The topological polar surface area (TPSA) is 41.6 Å². The minimum atomic E-state index is 0.171. The number of hydrogen-bond acceptors (Lipinski definition) is 3. The zero-order valence-corrected chi connectivity index (χ0v) is 12.9. The van der Waals surface area contributed by atoms with E-state index in [1.165, 1.54) is 6.42 Å². The molecule has 4 nitrogen and oxygen atoms in total. The Morgan fingerprint density at radius 2 is 2.26 bits per heavy atom. The van der Waals surface area contributed by atoms with Gasteiger partial charge in [0.2, 0.25) is 5.91 Å². The summed E-state index contributed by atoms with van der Waals surface area (Å²) in [5, 5.41) is 3.58. The third kappa shape index (κ3) is 5.49. The largest absolute Gasteiger partial charge is 0.382 e. The lowest BCUT2D eigenvalue weighted by atomic mass is 9.93. The molecule has 1 fully saturated rings. The molecule has 0 aromatic carbocycles. The minimum Gasteiger partial charge on any atom is -0.382 e. The summed E-state index contributed by atoms with van der Waals surface area (Å²) in [6.07, 6.45) is 3.84. The molecule has 19 heavy (non-hydrogen) atoms. The molecule has 0 radical (unpaired) electrons. The highest BCUT2D eigenvalue weighted by Crippen LogP contribution is 2.18. The smallest absolute Gasteiger partial charge is 0.222 e. The molecule has 1 saturated heterocycles. The molecule has 1 aliphatic heterocycles. The van der Waals surface area contributed by atoms with Crippen molar-refractivity contribution in [1.29, 1.82) is 0 Å². The highest BCUT2D eigenvalue weighted by atomic mass is 16.5. The molecule has 0 aromatic heterocycles. The Balaban J connectivity index is 2.32. The van der Waals surface area contributed by atoms with Crippen LogP contribution in [0.15, 0.2) is 0 Å². The molecule has 1 N–H and O–H groups in total. The third-order valence-electron chi connectivity index (χ3n) is 4.08. The van der Waals surface area contributed by atoms with E-state index in [9.17, 15) is 4.79 Å². The Bertz CT molecular complexity index is 271. The molecule has 0 saturated carbocycles. The van der Waals surface area contributed by atoms with Gasteiger partial charge < -0.3 is 15.0 Å². The van der Waals surface area contributed by atoms with Crippen LogP contribution in [0.2, 0.25) is 0 Å². The van der Waals surface area contributed by atoms with Gasteiger partial charge in [0.25, 0.3) is 0 Å². The number of nitrogens with zero attached hydrogens (tertiary/aromatic N) is 1. The summed E-state index contributed by atoms with van der Waals surface area (Å²) in [7, 11) is 1.70. The van der Waals surface area contributed by atoms with Crippen molar-refractivity contribution in [2.75, 3.05) is 26.7 Å². The monoisotopic (exact) mass is 270 g/mol. The Morgan fingerprint density at radius 3 is 2.84 bits per heavy atom. The molecular formula is C15H30N2O2. The SMILES string of the molecule is CCCNC1CCN(C(=O)CCC(C)OC)CC1C. The molecular weight excluding hydrogens is 240 g/mol. The van der Waals surface area contributed by atoms with E-state index in [0.717, 1.165) is 32.5 Å². The van der Waals surface area contributed by atoms with Crippen LogP contribution in [0, 0.1) is 5.92 Å². The molecule has 0 aliphatic carbocycles. The van der Waals surface area contributed by atoms with Gasteiger partial charge in [-0.2, -0.15) is 0 Å². The van der Waals surface area contributed by atoms with E-state index in [4.69, 9.17) is 4.74 Å². The summed E-state index contributed by atoms with van der Waals surface area (Å²) < 4.78 is 5.19. The van der Waals surface area contributed by atoms with Crippen molar-refractivity contribution in [2.45, 2.75) is 58.6 Å². The van der Waals surface area contributed by atoms with Gasteiger partial charge in [0.05, 0.1) is 6.10 Å². The lowest BCUT2D eigenvalue weighted by molar-refractivity contribution is -0.133. The molecule has 3 atom stereocenters. The number of likely N-dealkylation sites (tertiary alicyclic amines) is 1. The maximum atomic E-state index is 12.1. The van der Waals surface area contributed by atoms with Crippen LogP contribution in [0.3, 0.4) is 0 Å². The highest BCUT2D eigenvalue weighted by Gasteiger charge is 2.27. The van der Waals surface area contributed by atoms with E-state index < -0.39 is 0 Å². The number of nitrogens with one attached hydrogen (secondary N) is 1. The third-order valence-corrected chi connectivity index (χ3v) is 4.08. The van der Waals surface area contributed by atoms with Crippen LogP contribution in [0.5, 0.6) is 0 Å². The molecule has 112 valence electrons. The van der Waals surface area contributed by atoms with Gasteiger partial charge in [0, 0.05) is 32.7 Å². The van der Waals surface area contributed by atoms with Crippen molar-refractivity contribution in [3.8, 4) is 0 Å².